The first-order valence-corrected chi connectivity index (χ1v) is 6.85. The Bertz CT molecular complexity index is 986. The van der Waals surface area contributed by atoms with Crippen LogP contribution in [0.25, 0.3) is 21.9 Å². The summed E-state index contributed by atoms with van der Waals surface area (Å²) in [7, 11) is 0. The van der Waals surface area contributed by atoms with Gasteiger partial charge in [0, 0.05) is 23.7 Å². The van der Waals surface area contributed by atoms with Crippen LogP contribution in [-0.4, -0.2) is 14.5 Å². The second-order valence-electron chi connectivity index (χ2n) is 5.12. The second-order valence-corrected chi connectivity index (χ2v) is 5.12. The zero-order valence-electron chi connectivity index (χ0n) is 11.5. The largest absolute Gasteiger partial charge is 0.326 e. The Morgan fingerprint density at radius 3 is 2.68 bits per heavy atom. The van der Waals surface area contributed by atoms with Crippen molar-refractivity contribution in [2.45, 2.75) is 6.54 Å². The number of hydrogen-bond acceptors (Lipinski definition) is 2. The Morgan fingerprint density at radius 2 is 1.77 bits per heavy atom. The molecule has 2 aromatic carbocycles. The monoisotopic (exact) mass is 295 g/mol. The SMILES string of the molecule is Fc1cc2ncn(Cc3cccc4cccnc34)c2cc1F. The number of nitrogens with zero attached hydrogens (tertiary/aromatic N) is 3. The first-order valence-electron chi connectivity index (χ1n) is 6.85. The van der Waals surface area contributed by atoms with Gasteiger partial charge in [-0.25, -0.2) is 13.8 Å². The van der Waals surface area contributed by atoms with Crippen molar-refractivity contribution in [3.63, 3.8) is 0 Å². The van der Waals surface area contributed by atoms with E-state index in [1.165, 1.54) is 6.07 Å². The molecule has 0 fully saturated rings. The van der Waals surface area contributed by atoms with Crippen LogP contribution < -0.4 is 0 Å². The highest BCUT2D eigenvalue weighted by molar-refractivity contribution is 5.82. The van der Waals surface area contributed by atoms with E-state index in [9.17, 15) is 8.78 Å². The van der Waals surface area contributed by atoms with E-state index in [1.54, 1.807) is 17.1 Å². The quantitative estimate of drug-likeness (QED) is 0.561. The van der Waals surface area contributed by atoms with Gasteiger partial charge in [0.2, 0.25) is 0 Å². The van der Waals surface area contributed by atoms with E-state index in [0.717, 1.165) is 22.5 Å². The number of para-hydroxylation sites is 1. The number of rotatable bonds is 2. The summed E-state index contributed by atoms with van der Waals surface area (Å²) in [5.74, 6) is -1.75. The van der Waals surface area contributed by atoms with Crippen molar-refractivity contribution in [1.29, 1.82) is 0 Å². The Labute approximate surface area is 124 Å². The summed E-state index contributed by atoms with van der Waals surface area (Å²) >= 11 is 0. The minimum atomic E-state index is -0.885. The van der Waals surface area contributed by atoms with Crippen molar-refractivity contribution in [3.05, 3.63) is 72.2 Å². The zero-order valence-corrected chi connectivity index (χ0v) is 11.5. The van der Waals surface area contributed by atoms with Gasteiger partial charge in [0.25, 0.3) is 0 Å². The summed E-state index contributed by atoms with van der Waals surface area (Å²) in [5, 5.41) is 1.04. The molecule has 0 radical (unpaired) electrons. The molecule has 0 aliphatic heterocycles. The van der Waals surface area contributed by atoms with Crippen molar-refractivity contribution < 1.29 is 8.78 Å². The van der Waals surface area contributed by atoms with Crippen LogP contribution in [0.2, 0.25) is 0 Å². The van der Waals surface area contributed by atoms with Crippen molar-refractivity contribution in [2.75, 3.05) is 0 Å². The molecule has 2 aromatic heterocycles. The number of aromatic nitrogens is 3. The van der Waals surface area contributed by atoms with E-state index in [0.29, 0.717) is 17.6 Å². The fourth-order valence-electron chi connectivity index (χ4n) is 2.66. The minimum Gasteiger partial charge on any atom is -0.326 e. The number of fused-ring (bicyclic) bond motifs is 2. The van der Waals surface area contributed by atoms with Crippen molar-refractivity contribution >= 4 is 21.9 Å². The van der Waals surface area contributed by atoms with E-state index in [-0.39, 0.29) is 0 Å². The highest BCUT2D eigenvalue weighted by Crippen LogP contribution is 2.21. The summed E-state index contributed by atoms with van der Waals surface area (Å²) < 4.78 is 28.5. The highest BCUT2D eigenvalue weighted by Gasteiger charge is 2.10. The summed E-state index contributed by atoms with van der Waals surface area (Å²) in [6, 6.07) is 12.1. The maximum absolute atomic E-state index is 13.5. The lowest BCUT2D eigenvalue weighted by molar-refractivity contribution is 0.510. The topological polar surface area (TPSA) is 30.7 Å². The van der Waals surface area contributed by atoms with Gasteiger partial charge in [-0.1, -0.05) is 24.3 Å². The average molecular weight is 295 g/mol. The van der Waals surface area contributed by atoms with E-state index < -0.39 is 11.6 Å². The predicted molar refractivity (Wildman–Crippen MR) is 80.5 cm³/mol. The van der Waals surface area contributed by atoms with E-state index in [1.807, 2.05) is 30.3 Å². The van der Waals surface area contributed by atoms with Crippen LogP contribution in [-0.2, 0) is 6.54 Å². The van der Waals surface area contributed by atoms with Crippen molar-refractivity contribution in [1.82, 2.24) is 14.5 Å². The van der Waals surface area contributed by atoms with Gasteiger partial charge < -0.3 is 4.57 Å². The molecular weight excluding hydrogens is 284 g/mol. The van der Waals surface area contributed by atoms with Gasteiger partial charge in [0.15, 0.2) is 11.6 Å². The van der Waals surface area contributed by atoms with Gasteiger partial charge >= 0.3 is 0 Å². The van der Waals surface area contributed by atoms with E-state index in [2.05, 4.69) is 9.97 Å². The highest BCUT2D eigenvalue weighted by atomic mass is 19.2. The van der Waals surface area contributed by atoms with Crippen LogP contribution in [0.4, 0.5) is 8.78 Å². The molecule has 0 amide bonds. The smallest absolute Gasteiger partial charge is 0.161 e. The molecule has 5 heteroatoms. The predicted octanol–water partition coefficient (Wildman–Crippen LogP) is 3.91. The van der Waals surface area contributed by atoms with Crippen LogP contribution in [0.5, 0.6) is 0 Å². The molecule has 0 unspecified atom stereocenters. The number of benzene rings is 2. The molecule has 0 N–H and O–H groups in total. The molecule has 0 aliphatic rings. The Kier molecular flexibility index (Phi) is 2.85. The van der Waals surface area contributed by atoms with Gasteiger partial charge in [0.1, 0.15) is 0 Å². The molecule has 0 spiro atoms. The lowest BCUT2D eigenvalue weighted by Gasteiger charge is -2.08. The fraction of sp³-hybridized carbons (Fsp3) is 0.0588. The third-order valence-corrected chi connectivity index (χ3v) is 3.72. The lowest BCUT2D eigenvalue weighted by Crippen LogP contribution is -2.00. The molecule has 0 saturated carbocycles. The van der Waals surface area contributed by atoms with E-state index in [4.69, 9.17) is 0 Å². The van der Waals surface area contributed by atoms with Crippen LogP contribution >= 0.6 is 0 Å². The fourth-order valence-corrected chi connectivity index (χ4v) is 2.66. The first-order chi connectivity index (χ1) is 10.7. The molecule has 2 heterocycles. The summed E-state index contributed by atoms with van der Waals surface area (Å²) in [6.07, 6.45) is 3.33. The Hall–Kier alpha value is -2.82. The molecule has 22 heavy (non-hydrogen) atoms. The number of halogens is 2. The Morgan fingerprint density at radius 1 is 0.955 bits per heavy atom. The van der Waals surface area contributed by atoms with Gasteiger partial charge in [0.05, 0.1) is 29.4 Å². The lowest BCUT2D eigenvalue weighted by atomic mass is 10.1. The summed E-state index contributed by atoms with van der Waals surface area (Å²) in [5.41, 5.74) is 2.90. The number of hydrogen-bond donors (Lipinski definition) is 0. The van der Waals surface area contributed by atoms with E-state index >= 15 is 0 Å². The zero-order chi connectivity index (χ0) is 15.1. The van der Waals surface area contributed by atoms with Gasteiger partial charge in [-0.15, -0.1) is 0 Å². The molecular formula is C17H11F2N3. The normalized spacial score (nSPS) is 11.4. The second kappa shape index (κ2) is 4.87. The molecule has 0 saturated heterocycles. The molecule has 108 valence electrons. The van der Waals surface area contributed by atoms with Gasteiger partial charge in [-0.2, -0.15) is 0 Å². The van der Waals surface area contributed by atoms with Crippen molar-refractivity contribution in [2.24, 2.45) is 0 Å². The molecule has 0 atom stereocenters. The summed E-state index contributed by atoms with van der Waals surface area (Å²) in [4.78, 5) is 8.54. The Balaban J connectivity index is 1.84. The molecule has 0 bridgehead atoms. The third kappa shape index (κ3) is 2.02. The third-order valence-electron chi connectivity index (χ3n) is 3.72. The van der Waals surface area contributed by atoms with Crippen LogP contribution in [0.15, 0.2) is 55.0 Å². The van der Waals surface area contributed by atoms with Crippen LogP contribution in [0.1, 0.15) is 5.56 Å². The van der Waals surface area contributed by atoms with Crippen LogP contribution in [0.3, 0.4) is 0 Å². The number of pyridine rings is 1. The molecule has 4 rings (SSSR count). The molecule has 3 nitrogen and oxygen atoms in total. The minimum absolute atomic E-state index is 0.437. The molecule has 0 aliphatic carbocycles. The molecule has 4 aromatic rings. The first kappa shape index (κ1) is 12.9. The standard InChI is InChI=1S/C17H11F2N3/c18-13-7-15-16(8-14(13)19)22(10-21-15)9-12-4-1-3-11-5-2-6-20-17(11)12/h1-8,10H,9H2. The maximum atomic E-state index is 13.5. The van der Waals surface area contributed by atoms with Gasteiger partial charge in [-0.05, 0) is 11.6 Å². The average Bonchev–Trinajstić information content (AvgIpc) is 2.90. The maximum Gasteiger partial charge on any atom is 0.161 e. The van der Waals surface area contributed by atoms with Gasteiger partial charge in [-0.3, -0.25) is 4.98 Å². The summed E-state index contributed by atoms with van der Waals surface area (Å²) in [6.45, 7) is 0.496. The van der Waals surface area contributed by atoms with Crippen LogP contribution in [0, 0.1) is 11.6 Å². The van der Waals surface area contributed by atoms with Crippen molar-refractivity contribution in [3.8, 4) is 0 Å². The number of imidazole rings is 1.